The molecule has 2 nitrogen and oxygen atoms in total. The van der Waals surface area contributed by atoms with Crippen molar-refractivity contribution in [1.29, 1.82) is 0 Å². The van der Waals surface area contributed by atoms with Crippen molar-refractivity contribution in [3.8, 4) is 11.1 Å². The van der Waals surface area contributed by atoms with E-state index in [4.69, 9.17) is 0 Å². The molecule has 0 atom stereocenters. The summed E-state index contributed by atoms with van der Waals surface area (Å²) in [6, 6.07) is 20.3. The van der Waals surface area contributed by atoms with E-state index in [2.05, 4.69) is 4.98 Å². The molecule has 1 heterocycles. The van der Waals surface area contributed by atoms with Crippen LogP contribution < -0.4 is 0 Å². The molecular weight excluding hydrogens is 313 g/mol. The number of pyridine rings is 1. The quantitative estimate of drug-likeness (QED) is 0.607. The fourth-order valence-corrected chi connectivity index (χ4v) is 2.83. The van der Waals surface area contributed by atoms with Crippen LogP contribution in [0.15, 0.2) is 72.9 Å². The van der Waals surface area contributed by atoms with Crippen molar-refractivity contribution in [3.05, 3.63) is 90.0 Å². The molecule has 0 fully saturated rings. The molecule has 3 rings (SSSR count). The second-order valence-electron chi connectivity index (χ2n) is 6.07. The summed E-state index contributed by atoms with van der Waals surface area (Å²) in [4.78, 5) is 16.2. The lowest BCUT2D eigenvalue weighted by atomic mass is 10.0. The van der Waals surface area contributed by atoms with Gasteiger partial charge in [0, 0.05) is 30.3 Å². The van der Waals surface area contributed by atoms with Gasteiger partial charge in [0.15, 0.2) is 0 Å². The second-order valence-corrected chi connectivity index (χ2v) is 6.07. The second kappa shape index (κ2) is 8.34. The van der Waals surface area contributed by atoms with E-state index >= 15 is 0 Å². The molecule has 0 radical (unpaired) electrons. The maximum absolute atomic E-state index is 13.8. The van der Waals surface area contributed by atoms with Crippen LogP contribution in [0.25, 0.3) is 11.1 Å². The van der Waals surface area contributed by atoms with Crippen LogP contribution in [0.3, 0.4) is 0 Å². The monoisotopic (exact) mass is 333 g/mol. The first-order valence-corrected chi connectivity index (χ1v) is 8.48. The van der Waals surface area contributed by atoms with E-state index in [0.717, 1.165) is 29.7 Å². The van der Waals surface area contributed by atoms with Gasteiger partial charge in [0.05, 0.1) is 0 Å². The number of benzene rings is 2. The lowest BCUT2D eigenvalue weighted by Gasteiger charge is -2.06. The van der Waals surface area contributed by atoms with Gasteiger partial charge >= 0.3 is 0 Å². The highest BCUT2D eigenvalue weighted by Crippen LogP contribution is 2.23. The van der Waals surface area contributed by atoms with Gasteiger partial charge in [0.25, 0.3) is 0 Å². The summed E-state index contributed by atoms with van der Waals surface area (Å²) in [5.74, 6) is -0.00274. The Morgan fingerprint density at radius 1 is 0.920 bits per heavy atom. The Balaban J connectivity index is 1.51. The van der Waals surface area contributed by atoms with Crippen molar-refractivity contribution in [2.75, 3.05) is 0 Å². The summed E-state index contributed by atoms with van der Waals surface area (Å²) in [7, 11) is 0. The smallest absolute Gasteiger partial charge is 0.138 e. The van der Waals surface area contributed by atoms with Gasteiger partial charge in [-0.2, -0.15) is 0 Å². The summed E-state index contributed by atoms with van der Waals surface area (Å²) in [5.41, 5.74) is 3.46. The Morgan fingerprint density at radius 3 is 2.40 bits per heavy atom. The van der Waals surface area contributed by atoms with Gasteiger partial charge in [-0.3, -0.25) is 9.78 Å². The number of aryl methyl sites for hydroxylation is 1. The zero-order chi connectivity index (χ0) is 17.5. The van der Waals surface area contributed by atoms with E-state index in [1.165, 1.54) is 6.07 Å². The Bertz CT molecular complexity index is 828. The van der Waals surface area contributed by atoms with Gasteiger partial charge in [-0.05, 0) is 42.2 Å². The Morgan fingerprint density at radius 2 is 1.68 bits per heavy atom. The van der Waals surface area contributed by atoms with E-state index in [1.54, 1.807) is 18.3 Å². The zero-order valence-electron chi connectivity index (χ0n) is 14.0. The van der Waals surface area contributed by atoms with Crippen LogP contribution in [-0.2, 0) is 17.6 Å². The minimum Gasteiger partial charge on any atom is -0.299 e. The first-order valence-electron chi connectivity index (χ1n) is 8.48. The highest BCUT2D eigenvalue weighted by atomic mass is 19.1. The molecule has 3 heteroatoms. The maximum atomic E-state index is 13.8. The molecule has 2 aromatic carbocycles. The van der Waals surface area contributed by atoms with Gasteiger partial charge in [0.1, 0.15) is 11.6 Å². The number of hydrogen-bond acceptors (Lipinski definition) is 2. The third-order valence-electron chi connectivity index (χ3n) is 4.16. The van der Waals surface area contributed by atoms with E-state index in [0.29, 0.717) is 18.4 Å². The fourth-order valence-electron chi connectivity index (χ4n) is 2.83. The molecule has 0 N–H and O–H groups in total. The van der Waals surface area contributed by atoms with Gasteiger partial charge in [-0.15, -0.1) is 0 Å². The van der Waals surface area contributed by atoms with Crippen molar-refractivity contribution < 1.29 is 9.18 Å². The number of aromatic nitrogens is 1. The lowest BCUT2D eigenvalue weighted by molar-refractivity contribution is -0.118. The number of hydrogen-bond donors (Lipinski definition) is 0. The summed E-state index contributed by atoms with van der Waals surface area (Å²) in [6.07, 6.45) is 4.30. The topological polar surface area (TPSA) is 30.0 Å². The molecule has 0 spiro atoms. The number of nitrogens with zero attached hydrogens (tertiary/aromatic N) is 1. The third-order valence-corrected chi connectivity index (χ3v) is 4.16. The first-order chi connectivity index (χ1) is 12.2. The molecule has 0 unspecified atom stereocenters. The highest BCUT2D eigenvalue weighted by Gasteiger charge is 2.06. The molecule has 0 amide bonds. The first kappa shape index (κ1) is 17.0. The van der Waals surface area contributed by atoms with Crippen LogP contribution in [-0.4, -0.2) is 10.8 Å². The standard InChI is InChI=1S/C22H20FNO/c23-22-10-2-1-9-21(22)18-13-11-17(12-14-18)6-5-8-20(25)16-19-7-3-4-15-24-19/h1-4,7,9-15H,5-6,8,16H2. The number of halogens is 1. The van der Waals surface area contributed by atoms with Crippen molar-refractivity contribution in [3.63, 3.8) is 0 Å². The molecule has 1 aromatic heterocycles. The SMILES string of the molecule is O=C(CCCc1ccc(-c2ccccc2F)cc1)Cc1ccccn1. The molecule has 126 valence electrons. The molecule has 0 saturated heterocycles. The molecule has 0 aliphatic heterocycles. The number of rotatable bonds is 7. The Kier molecular flexibility index (Phi) is 5.68. The zero-order valence-corrected chi connectivity index (χ0v) is 14.0. The predicted molar refractivity (Wildman–Crippen MR) is 97.7 cm³/mol. The van der Waals surface area contributed by atoms with Crippen LogP contribution in [0.4, 0.5) is 4.39 Å². The summed E-state index contributed by atoms with van der Waals surface area (Å²) in [5, 5.41) is 0. The van der Waals surface area contributed by atoms with Crippen molar-refractivity contribution >= 4 is 5.78 Å². The lowest BCUT2D eigenvalue weighted by Crippen LogP contribution is -2.04. The summed E-state index contributed by atoms with van der Waals surface area (Å²) < 4.78 is 13.8. The molecule has 0 saturated carbocycles. The predicted octanol–water partition coefficient (Wildman–Crippen LogP) is 5.02. The molecule has 0 aliphatic rings. The van der Waals surface area contributed by atoms with E-state index in [9.17, 15) is 9.18 Å². The van der Waals surface area contributed by atoms with Crippen LogP contribution in [0.2, 0.25) is 0 Å². The average Bonchev–Trinajstić information content (AvgIpc) is 2.64. The molecule has 0 aliphatic carbocycles. The van der Waals surface area contributed by atoms with Crippen LogP contribution >= 0.6 is 0 Å². The summed E-state index contributed by atoms with van der Waals surface area (Å²) in [6.45, 7) is 0. The Hall–Kier alpha value is -2.81. The van der Waals surface area contributed by atoms with E-state index in [1.807, 2.05) is 48.5 Å². The maximum Gasteiger partial charge on any atom is 0.138 e. The van der Waals surface area contributed by atoms with Crippen molar-refractivity contribution in [1.82, 2.24) is 4.98 Å². The largest absolute Gasteiger partial charge is 0.299 e. The highest BCUT2D eigenvalue weighted by molar-refractivity contribution is 5.80. The normalized spacial score (nSPS) is 10.6. The number of carbonyl (C=O) groups is 1. The van der Waals surface area contributed by atoms with Crippen molar-refractivity contribution in [2.45, 2.75) is 25.7 Å². The molecule has 3 aromatic rings. The number of ketones is 1. The van der Waals surface area contributed by atoms with E-state index < -0.39 is 0 Å². The van der Waals surface area contributed by atoms with Crippen molar-refractivity contribution in [2.24, 2.45) is 0 Å². The minimum absolute atomic E-state index is 0.210. The third kappa shape index (κ3) is 4.83. The fraction of sp³-hybridized carbons (Fsp3) is 0.182. The van der Waals surface area contributed by atoms with Gasteiger partial charge < -0.3 is 0 Å². The van der Waals surface area contributed by atoms with Crippen LogP contribution in [0, 0.1) is 5.82 Å². The van der Waals surface area contributed by atoms with Crippen LogP contribution in [0.1, 0.15) is 24.1 Å². The number of Topliss-reactive ketones (excluding diaryl/α,β-unsaturated/α-hetero) is 1. The van der Waals surface area contributed by atoms with Gasteiger partial charge in [-0.25, -0.2) is 4.39 Å². The molecule has 25 heavy (non-hydrogen) atoms. The Labute approximate surface area is 147 Å². The van der Waals surface area contributed by atoms with Gasteiger partial charge in [-0.1, -0.05) is 48.5 Å². The molecular formula is C22H20FNO. The minimum atomic E-state index is -0.213. The summed E-state index contributed by atoms with van der Waals surface area (Å²) >= 11 is 0. The van der Waals surface area contributed by atoms with Gasteiger partial charge in [0.2, 0.25) is 0 Å². The van der Waals surface area contributed by atoms with Crippen LogP contribution in [0.5, 0.6) is 0 Å². The number of carbonyl (C=O) groups excluding carboxylic acids is 1. The van der Waals surface area contributed by atoms with E-state index in [-0.39, 0.29) is 11.6 Å². The average molecular weight is 333 g/mol. The molecule has 0 bridgehead atoms.